The molecule has 2 aromatic rings. The maximum Gasteiger partial charge on any atom is 0.253 e. The summed E-state index contributed by atoms with van der Waals surface area (Å²) in [6.07, 6.45) is 0. The highest BCUT2D eigenvalue weighted by atomic mass is 32.2. The van der Waals surface area contributed by atoms with Gasteiger partial charge in [-0.25, -0.2) is 13.1 Å². The molecule has 0 atom stereocenters. The quantitative estimate of drug-likeness (QED) is 0.768. The molecule has 1 N–H and O–H groups in total. The highest BCUT2D eigenvalue weighted by molar-refractivity contribution is 7.89. The van der Waals surface area contributed by atoms with E-state index in [1.54, 1.807) is 18.9 Å². The largest absolute Gasteiger partial charge is 0.491 e. The number of para-hydroxylation sites is 1. The first-order valence-electron chi connectivity index (χ1n) is 8.38. The van der Waals surface area contributed by atoms with Crippen molar-refractivity contribution in [3.63, 3.8) is 0 Å². The second-order valence-electron chi connectivity index (χ2n) is 5.87. The fourth-order valence-electron chi connectivity index (χ4n) is 2.38. The number of carbonyl (C=O) groups excluding carboxylic acids is 1. The zero-order valence-corrected chi connectivity index (χ0v) is 16.0. The van der Waals surface area contributed by atoms with Gasteiger partial charge in [0, 0.05) is 19.2 Å². The number of hydrogen-bond acceptors (Lipinski definition) is 4. The van der Waals surface area contributed by atoms with Gasteiger partial charge in [-0.15, -0.1) is 0 Å². The summed E-state index contributed by atoms with van der Waals surface area (Å²) in [5, 5.41) is 0. The normalized spacial score (nSPS) is 11.2. The number of sulfonamides is 1. The molecule has 1 amide bonds. The molecule has 0 fully saturated rings. The van der Waals surface area contributed by atoms with Crippen LogP contribution in [0.15, 0.2) is 53.4 Å². The van der Waals surface area contributed by atoms with Gasteiger partial charge in [0.05, 0.1) is 11.4 Å². The first kappa shape index (κ1) is 19.9. The summed E-state index contributed by atoms with van der Waals surface area (Å²) in [7, 11) is -1.83. The lowest BCUT2D eigenvalue weighted by atomic mass is 10.2. The SMILES string of the molecule is CCNS(=O)(=O)c1ccc(C(=O)N(C)CCOc2ccccc2C)cc1. The van der Waals surface area contributed by atoms with E-state index in [2.05, 4.69) is 4.72 Å². The predicted octanol–water partition coefficient (Wildman–Crippen LogP) is 2.44. The van der Waals surface area contributed by atoms with Crippen LogP contribution < -0.4 is 9.46 Å². The van der Waals surface area contributed by atoms with E-state index in [0.29, 0.717) is 25.3 Å². The van der Waals surface area contributed by atoms with Crippen LogP contribution in [-0.2, 0) is 10.0 Å². The molecule has 0 radical (unpaired) electrons. The summed E-state index contributed by atoms with van der Waals surface area (Å²) in [4.78, 5) is 14.1. The second-order valence-corrected chi connectivity index (χ2v) is 7.63. The van der Waals surface area contributed by atoms with E-state index in [1.165, 1.54) is 24.3 Å². The zero-order valence-electron chi connectivity index (χ0n) is 15.2. The Balaban J connectivity index is 1.94. The van der Waals surface area contributed by atoms with Crippen molar-refractivity contribution in [2.75, 3.05) is 26.7 Å². The lowest BCUT2D eigenvalue weighted by Gasteiger charge is -2.18. The van der Waals surface area contributed by atoms with Crippen molar-refractivity contribution in [1.82, 2.24) is 9.62 Å². The van der Waals surface area contributed by atoms with Crippen molar-refractivity contribution in [2.24, 2.45) is 0 Å². The van der Waals surface area contributed by atoms with Gasteiger partial charge in [0.1, 0.15) is 12.4 Å². The van der Waals surface area contributed by atoms with Crippen LogP contribution in [0.3, 0.4) is 0 Å². The maximum absolute atomic E-state index is 12.4. The minimum atomic E-state index is -3.52. The molecule has 140 valence electrons. The highest BCUT2D eigenvalue weighted by Gasteiger charge is 2.15. The molecule has 0 aliphatic carbocycles. The fraction of sp³-hybridized carbons (Fsp3) is 0.316. The standard InChI is InChI=1S/C19H24N2O4S/c1-4-20-26(23,24)17-11-9-16(10-12-17)19(22)21(3)13-14-25-18-8-6-5-7-15(18)2/h5-12,20H,4,13-14H2,1-3H3. The highest BCUT2D eigenvalue weighted by Crippen LogP contribution is 2.16. The van der Waals surface area contributed by atoms with Crippen LogP contribution in [0.4, 0.5) is 0 Å². The Kier molecular flexibility index (Phi) is 6.76. The van der Waals surface area contributed by atoms with Crippen molar-refractivity contribution in [3.05, 3.63) is 59.7 Å². The molecule has 2 rings (SSSR count). The van der Waals surface area contributed by atoms with E-state index in [-0.39, 0.29) is 10.8 Å². The van der Waals surface area contributed by atoms with Gasteiger partial charge in [0.2, 0.25) is 10.0 Å². The van der Waals surface area contributed by atoms with Gasteiger partial charge in [-0.1, -0.05) is 25.1 Å². The molecule has 0 bridgehead atoms. The van der Waals surface area contributed by atoms with Crippen LogP contribution in [0, 0.1) is 6.92 Å². The molecule has 0 aliphatic rings. The molecule has 0 saturated carbocycles. The number of aryl methyl sites for hydroxylation is 1. The molecule has 0 saturated heterocycles. The summed E-state index contributed by atoms with van der Waals surface area (Å²) in [6.45, 7) is 4.79. The number of carbonyl (C=O) groups is 1. The molecule has 6 nitrogen and oxygen atoms in total. The Labute approximate surface area is 154 Å². The number of nitrogens with zero attached hydrogens (tertiary/aromatic N) is 1. The Bertz CT molecular complexity index is 848. The van der Waals surface area contributed by atoms with E-state index in [1.807, 2.05) is 31.2 Å². The molecule has 7 heteroatoms. The van der Waals surface area contributed by atoms with Crippen molar-refractivity contribution in [2.45, 2.75) is 18.7 Å². The summed E-state index contributed by atoms with van der Waals surface area (Å²) < 4.78 is 32.0. The number of rotatable bonds is 8. The van der Waals surface area contributed by atoms with Crippen LogP contribution in [0.1, 0.15) is 22.8 Å². The third kappa shape index (κ3) is 5.06. The molecule has 0 spiro atoms. The van der Waals surface area contributed by atoms with E-state index in [0.717, 1.165) is 11.3 Å². The first-order valence-corrected chi connectivity index (χ1v) is 9.87. The number of hydrogen-bond donors (Lipinski definition) is 1. The third-order valence-electron chi connectivity index (χ3n) is 3.87. The minimum Gasteiger partial charge on any atom is -0.491 e. The Morgan fingerprint density at radius 3 is 2.38 bits per heavy atom. The molecule has 0 heterocycles. The van der Waals surface area contributed by atoms with Gasteiger partial charge in [0.25, 0.3) is 5.91 Å². The summed E-state index contributed by atoms with van der Waals surface area (Å²) >= 11 is 0. The van der Waals surface area contributed by atoms with E-state index < -0.39 is 10.0 Å². The summed E-state index contributed by atoms with van der Waals surface area (Å²) in [5.74, 6) is 0.608. The minimum absolute atomic E-state index is 0.140. The Morgan fingerprint density at radius 2 is 1.77 bits per heavy atom. The molecule has 0 unspecified atom stereocenters. The first-order chi connectivity index (χ1) is 12.3. The number of likely N-dealkylation sites (N-methyl/N-ethyl adjacent to an activating group) is 1. The topological polar surface area (TPSA) is 75.7 Å². The van der Waals surface area contributed by atoms with Gasteiger partial charge in [-0.2, -0.15) is 0 Å². The zero-order chi connectivity index (χ0) is 19.2. The smallest absolute Gasteiger partial charge is 0.253 e. The van der Waals surface area contributed by atoms with Gasteiger partial charge in [0.15, 0.2) is 0 Å². The number of ether oxygens (including phenoxy) is 1. The van der Waals surface area contributed by atoms with Crippen molar-refractivity contribution in [3.8, 4) is 5.75 Å². The Morgan fingerprint density at radius 1 is 1.12 bits per heavy atom. The van der Waals surface area contributed by atoms with Crippen LogP contribution in [-0.4, -0.2) is 46.0 Å². The van der Waals surface area contributed by atoms with Gasteiger partial charge < -0.3 is 9.64 Å². The molecular weight excluding hydrogens is 352 g/mol. The van der Waals surface area contributed by atoms with E-state index in [9.17, 15) is 13.2 Å². The molecule has 26 heavy (non-hydrogen) atoms. The fourth-order valence-corrected chi connectivity index (χ4v) is 3.42. The number of nitrogens with one attached hydrogen (secondary N) is 1. The van der Waals surface area contributed by atoms with E-state index >= 15 is 0 Å². The lowest BCUT2D eigenvalue weighted by Crippen LogP contribution is -2.31. The van der Waals surface area contributed by atoms with Crippen molar-refractivity contribution in [1.29, 1.82) is 0 Å². The molecule has 0 aromatic heterocycles. The third-order valence-corrected chi connectivity index (χ3v) is 5.43. The van der Waals surface area contributed by atoms with E-state index in [4.69, 9.17) is 4.74 Å². The van der Waals surface area contributed by atoms with Crippen molar-refractivity contribution >= 4 is 15.9 Å². The second kappa shape index (κ2) is 8.82. The molecular formula is C19H24N2O4S. The van der Waals surface area contributed by atoms with Crippen LogP contribution >= 0.6 is 0 Å². The Hall–Kier alpha value is -2.38. The number of amides is 1. The number of benzene rings is 2. The monoisotopic (exact) mass is 376 g/mol. The lowest BCUT2D eigenvalue weighted by molar-refractivity contribution is 0.0773. The van der Waals surface area contributed by atoms with Crippen LogP contribution in [0.2, 0.25) is 0 Å². The average Bonchev–Trinajstić information content (AvgIpc) is 2.62. The summed E-state index contributed by atoms with van der Waals surface area (Å²) in [5.41, 5.74) is 1.47. The molecule has 0 aliphatic heterocycles. The van der Waals surface area contributed by atoms with Gasteiger partial charge in [-0.05, 0) is 42.8 Å². The molecule has 2 aromatic carbocycles. The van der Waals surface area contributed by atoms with Gasteiger partial charge in [-0.3, -0.25) is 4.79 Å². The van der Waals surface area contributed by atoms with Crippen LogP contribution in [0.5, 0.6) is 5.75 Å². The van der Waals surface area contributed by atoms with Crippen molar-refractivity contribution < 1.29 is 17.9 Å². The average molecular weight is 376 g/mol. The van der Waals surface area contributed by atoms with Gasteiger partial charge >= 0.3 is 0 Å². The van der Waals surface area contributed by atoms with Crippen LogP contribution in [0.25, 0.3) is 0 Å². The summed E-state index contributed by atoms with van der Waals surface area (Å²) in [6, 6.07) is 13.6. The predicted molar refractivity (Wildman–Crippen MR) is 101 cm³/mol. The maximum atomic E-state index is 12.4.